The molecule has 3 heterocycles. The predicted octanol–water partition coefficient (Wildman–Crippen LogP) is 2.59. The van der Waals surface area contributed by atoms with Crippen LogP contribution in [-0.2, 0) is 11.3 Å². The van der Waals surface area contributed by atoms with Crippen LogP contribution in [0.25, 0.3) is 0 Å². The molecule has 1 aliphatic rings. The summed E-state index contributed by atoms with van der Waals surface area (Å²) >= 11 is 3.16. The number of nitrogens with zero attached hydrogens (tertiary/aromatic N) is 4. The second-order valence-corrected chi connectivity index (χ2v) is 7.73. The van der Waals surface area contributed by atoms with Gasteiger partial charge in [-0.1, -0.05) is 11.8 Å². The minimum Gasteiger partial charge on any atom is -0.339 e. The van der Waals surface area contributed by atoms with E-state index in [-0.39, 0.29) is 5.91 Å². The Bertz CT molecular complexity index is 662. The van der Waals surface area contributed by atoms with Crippen molar-refractivity contribution in [2.24, 2.45) is 0 Å². The summed E-state index contributed by atoms with van der Waals surface area (Å²) < 4.78 is 0. The number of aromatic nitrogens is 2. The molecule has 1 amide bonds. The van der Waals surface area contributed by atoms with Gasteiger partial charge in [0.1, 0.15) is 0 Å². The van der Waals surface area contributed by atoms with E-state index in [0.29, 0.717) is 10.9 Å². The van der Waals surface area contributed by atoms with Crippen molar-refractivity contribution in [2.45, 2.75) is 25.5 Å². The van der Waals surface area contributed by atoms with Gasteiger partial charge in [0.2, 0.25) is 5.91 Å². The van der Waals surface area contributed by atoms with E-state index in [0.717, 1.165) is 44.1 Å². The van der Waals surface area contributed by atoms with Crippen molar-refractivity contribution in [3.05, 3.63) is 39.8 Å². The SMILES string of the molecule is Cc1cc(C)nc(SCC(=O)N2CCN(Cc3ccsc3)CC2)n1. The van der Waals surface area contributed by atoms with Crippen LogP contribution in [0.2, 0.25) is 0 Å². The molecule has 24 heavy (non-hydrogen) atoms. The van der Waals surface area contributed by atoms with Gasteiger partial charge >= 0.3 is 0 Å². The van der Waals surface area contributed by atoms with Gasteiger partial charge in [0, 0.05) is 44.1 Å². The first-order valence-corrected chi connectivity index (χ1v) is 9.99. The fourth-order valence-electron chi connectivity index (χ4n) is 2.77. The van der Waals surface area contributed by atoms with E-state index >= 15 is 0 Å². The van der Waals surface area contributed by atoms with E-state index in [1.807, 2.05) is 24.8 Å². The molecule has 0 N–H and O–H groups in total. The first-order valence-electron chi connectivity index (χ1n) is 8.06. The molecule has 3 rings (SSSR count). The Morgan fingerprint density at radius 1 is 1.21 bits per heavy atom. The zero-order valence-corrected chi connectivity index (χ0v) is 15.7. The number of amides is 1. The molecular weight excluding hydrogens is 340 g/mol. The van der Waals surface area contributed by atoms with Crippen LogP contribution < -0.4 is 0 Å². The summed E-state index contributed by atoms with van der Waals surface area (Å²) in [5, 5.41) is 5.00. The van der Waals surface area contributed by atoms with Crippen molar-refractivity contribution in [1.29, 1.82) is 0 Å². The number of thiophene rings is 1. The normalized spacial score (nSPS) is 15.7. The fraction of sp³-hybridized carbons (Fsp3) is 0.471. The molecule has 0 atom stereocenters. The van der Waals surface area contributed by atoms with E-state index in [1.165, 1.54) is 17.3 Å². The highest BCUT2D eigenvalue weighted by atomic mass is 32.2. The van der Waals surface area contributed by atoms with Crippen LogP contribution in [0.3, 0.4) is 0 Å². The van der Waals surface area contributed by atoms with Gasteiger partial charge in [0.25, 0.3) is 0 Å². The quantitative estimate of drug-likeness (QED) is 0.604. The number of carbonyl (C=O) groups excluding carboxylic acids is 1. The summed E-state index contributed by atoms with van der Waals surface area (Å²) in [5.41, 5.74) is 3.25. The van der Waals surface area contributed by atoms with Crippen LogP contribution in [0.1, 0.15) is 17.0 Å². The molecule has 5 nitrogen and oxygen atoms in total. The minimum atomic E-state index is 0.179. The van der Waals surface area contributed by atoms with E-state index in [2.05, 4.69) is 31.7 Å². The van der Waals surface area contributed by atoms with Crippen LogP contribution >= 0.6 is 23.1 Å². The van der Waals surface area contributed by atoms with Crippen molar-refractivity contribution in [1.82, 2.24) is 19.8 Å². The monoisotopic (exact) mass is 362 g/mol. The molecule has 2 aromatic heterocycles. The van der Waals surface area contributed by atoms with Gasteiger partial charge in [0.15, 0.2) is 5.16 Å². The highest BCUT2D eigenvalue weighted by molar-refractivity contribution is 7.99. The number of piperazine rings is 1. The second-order valence-electron chi connectivity index (χ2n) is 6.01. The highest BCUT2D eigenvalue weighted by Crippen LogP contribution is 2.16. The Kier molecular flexibility index (Phi) is 5.86. The smallest absolute Gasteiger partial charge is 0.233 e. The third-order valence-corrected chi connectivity index (χ3v) is 5.56. The molecule has 1 aliphatic heterocycles. The van der Waals surface area contributed by atoms with Crippen molar-refractivity contribution in [3.8, 4) is 0 Å². The maximum Gasteiger partial charge on any atom is 0.233 e. The lowest BCUT2D eigenvalue weighted by Gasteiger charge is -2.34. The molecule has 0 aromatic carbocycles. The lowest BCUT2D eigenvalue weighted by Crippen LogP contribution is -2.48. The Hall–Kier alpha value is -1.44. The predicted molar refractivity (Wildman–Crippen MR) is 98.4 cm³/mol. The van der Waals surface area contributed by atoms with Crippen molar-refractivity contribution in [3.63, 3.8) is 0 Å². The third kappa shape index (κ3) is 4.78. The largest absolute Gasteiger partial charge is 0.339 e. The lowest BCUT2D eigenvalue weighted by molar-refractivity contribution is -0.130. The average molecular weight is 363 g/mol. The summed E-state index contributed by atoms with van der Waals surface area (Å²) in [7, 11) is 0. The molecular formula is C17H22N4OS2. The number of aryl methyl sites for hydroxylation is 2. The maximum absolute atomic E-state index is 12.4. The van der Waals surface area contributed by atoms with Gasteiger partial charge in [-0.05, 0) is 42.3 Å². The second kappa shape index (κ2) is 8.09. The Morgan fingerprint density at radius 3 is 2.54 bits per heavy atom. The van der Waals surface area contributed by atoms with Gasteiger partial charge in [-0.25, -0.2) is 9.97 Å². The van der Waals surface area contributed by atoms with Crippen LogP contribution in [-0.4, -0.2) is 57.6 Å². The highest BCUT2D eigenvalue weighted by Gasteiger charge is 2.21. The summed E-state index contributed by atoms with van der Waals surface area (Å²) in [4.78, 5) is 25.5. The summed E-state index contributed by atoms with van der Waals surface area (Å²) in [6, 6.07) is 4.11. The van der Waals surface area contributed by atoms with Crippen molar-refractivity contribution in [2.75, 3.05) is 31.9 Å². The molecule has 7 heteroatoms. The molecule has 1 fully saturated rings. The first-order chi connectivity index (χ1) is 11.6. The molecule has 0 aliphatic carbocycles. The zero-order chi connectivity index (χ0) is 16.9. The van der Waals surface area contributed by atoms with Crippen LogP contribution in [0, 0.1) is 13.8 Å². The minimum absolute atomic E-state index is 0.179. The standard InChI is InChI=1S/C17H22N4OS2/c1-13-9-14(2)19-17(18-13)24-12-16(22)21-6-4-20(5-7-21)10-15-3-8-23-11-15/h3,8-9,11H,4-7,10,12H2,1-2H3. The Balaban J connectivity index is 1.45. The maximum atomic E-state index is 12.4. The molecule has 0 spiro atoms. The molecule has 0 radical (unpaired) electrons. The van der Waals surface area contributed by atoms with E-state index in [1.54, 1.807) is 11.3 Å². The van der Waals surface area contributed by atoms with Crippen LogP contribution in [0.5, 0.6) is 0 Å². The molecule has 0 saturated carbocycles. The van der Waals surface area contributed by atoms with Gasteiger partial charge < -0.3 is 4.90 Å². The van der Waals surface area contributed by atoms with Crippen LogP contribution in [0.4, 0.5) is 0 Å². The van der Waals surface area contributed by atoms with Gasteiger partial charge in [-0.2, -0.15) is 11.3 Å². The first kappa shape index (κ1) is 17.4. The van der Waals surface area contributed by atoms with E-state index in [9.17, 15) is 4.79 Å². The van der Waals surface area contributed by atoms with Crippen LogP contribution in [0.15, 0.2) is 28.0 Å². The third-order valence-electron chi connectivity index (χ3n) is 4.00. The molecule has 128 valence electrons. The molecule has 1 saturated heterocycles. The number of hydrogen-bond acceptors (Lipinski definition) is 6. The number of hydrogen-bond donors (Lipinski definition) is 0. The average Bonchev–Trinajstić information content (AvgIpc) is 3.05. The van der Waals surface area contributed by atoms with Gasteiger partial charge in [-0.3, -0.25) is 9.69 Å². The molecule has 0 bridgehead atoms. The van der Waals surface area contributed by atoms with Crippen molar-refractivity contribution >= 4 is 29.0 Å². The zero-order valence-electron chi connectivity index (χ0n) is 14.1. The summed E-state index contributed by atoms with van der Waals surface area (Å²) in [5.74, 6) is 0.589. The lowest BCUT2D eigenvalue weighted by atomic mass is 10.2. The van der Waals surface area contributed by atoms with Gasteiger partial charge in [-0.15, -0.1) is 0 Å². The Labute approximate surface area is 151 Å². The molecule has 2 aromatic rings. The number of carbonyl (C=O) groups is 1. The van der Waals surface area contributed by atoms with E-state index < -0.39 is 0 Å². The topological polar surface area (TPSA) is 49.3 Å². The van der Waals surface area contributed by atoms with Crippen molar-refractivity contribution < 1.29 is 4.79 Å². The Morgan fingerprint density at radius 2 is 1.92 bits per heavy atom. The van der Waals surface area contributed by atoms with Gasteiger partial charge in [0.05, 0.1) is 5.75 Å². The summed E-state index contributed by atoms with van der Waals surface area (Å²) in [6.07, 6.45) is 0. The molecule has 0 unspecified atom stereocenters. The fourth-order valence-corrected chi connectivity index (χ4v) is 4.28. The number of rotatable bonds is 5. The van der Waals surface area contributed by atoms with E-state index in [4.69, 9.17) is 0 Å². The summed E-state index contributed by atoms with van der Waals surface area (Å²) in [6.45, 7) is 8.37. The number of thioether (sulfide) groups is 1.